The fourth-order valence-electron chi connectivity index (χ4n) is 1.71. The molecule has 1 N–H and O–H groups in total. The first-order valence-electron chi connectivity index (χ1n) is 6.41. The van der Waals surface area contributed by atoms with Gasteiger partial charge in [0.05, 0.1) is 4.90 Å². The first-order valence-corrected chi connectivity index (χ1v) is 8.27. The van der Waals surface area contributed by atoms with Gasteiger partial charge in [0.25, 0.3) is 10.0 Å². The number of rotatable bonds is 6. The van der Waals surface area contributed by atoms with E-state index in [2.05, 4.69) is 9.93 Å². The molecule has 2 aromatic carbocycles. The average Bonchev–Trinajstić information content (AvgIpc) is 2.48. The molecule has 0 aromatic heterocycles. The first-order chi connectivity index (χ1) is 10.1. The number of hydrazone groups is 1. The average molecular weight is 323 g/mol. The number of hydrogen-bond acceptors (Lipinski definition) is 3. The van der Waals surface area contributed by atoms with Gasteiger partial charge in [-0.2, -0.15) is 13.5 Å². The topological polar surface area (TPSA) is 58.5 Å². The lowest BCUT2D eigenvalue weighted by molar-refractivity contribution is 0.584. The second-order valence-electron chi connectivity index (χ2n) is 4.38. The van der Waals surface area contributed by atoms with Gasteiger partial charge in [-0.3, -0.25) is 0 Å². The number of halogens is 1. The van der Waals surface area contributed by atoms with Crippen molar-refractivity contribution in [1.29, 1.82) is 0 Å². The van der Waals surface area contributed by atoms with Crippen molar-refractivity contribution in [2.24, 2.45) is 5.10 Å². The quantitative estimate of drug-likeness (QED) is 0.655. The van der Waals surface area contributed by atoms with Gasteiger partial charge >= 0.3 is 0 Å². The standard InChI is InChI=1S/C15H15ClN2O2S/c16-14-8-10-15(11-9-14)21(19,20)18-17-12-4-7-13-5-2-1-3-6-13/h1-3,5-6,8-12,18H,4,7H2. The van der Waals surface area contributed by atoms with Crippen LogP contribution in [0, 0.1) is 0 Å². The summed E-state index contributed by atoms with van der Waals surface area (Å²) >= 11 is 5.72. The van der Waals surface area contributed by atoms with Crippen molar-refractivity contribution in [2.75, 3.05) is 0 Å². The predicted molar refractivity (Wildman–Crippen MR) is 85.0 cm³/mol. The van der Waals surface area contributed by atoms with Crippen molar-refractivity contribution >= 4 is 27.8 Å². The van der Waals surface area contributed by atoms with Crippen LogP contribution in [0.5, 0.6) is 0 Å². The Bertz CT molecular complexity index is 698. The first kappa shape index (κ1) is 15.5. The van der Waals surface area contributed by atoms with Crippen LogP contribution in [0.3, 0.4) is 0 Å². The molecular weight excluding hydrogens is 308 g/mol. The van der Waals surface area contributed by atoms with Crippen LogP contribution in [-0.4, -0.2) is 14.6 Å². The third-order valence-corrected chi connectivity index (χ3v) is 4.28. The van der Waals surface area contributed by atoms with E-state index < -0.39 is 10.0 Å². The Hall–Kier alpha value is -1.85. The largest absolute Gasteiger partial charge is 0.276 e. The molecule has 2 aromatic rings. The van der Waals surface area contributed by atoms with Gasteiger partial charge in [0.1, 0.15) is 0 Å². The Labute approximate surface area is 129 Å². The van der Waals surface area contributed by atoms with Gasteiger partial charge in [-0.05, 0) is 42.7 Å². The smallest absolute Gasteiger partial charge is 0.200 e. The lowest BCUT2D eigenvalue weighted by atomic mass is 10.1. The van der Waals surface area contributed by atoms with E-state index >= 15 is 0 Å². The van der Waals surface area contributed by atoms with Crippen LogP contribution in [0.4, 0.5) is 0 Å². The molecule has 0 bridgehead atoms. The van der Waals surface area contributed by atoms with Crippen LogP contribution < -0.4 is 4.83 Å². The molecule has 110 valence electrons. The molecule has 21 heavy (non-hydrogen) atoms. The summed E-state index contributed by atoms with van der Waals surface area (Å²) in [6.45, 7) is 0. The van der Waals surface area contributed by atoms with E-state index in [4.69, 9.17) is 11.6 Å². The van der Waals surface area contributed by atoms with Gasteiger partial charge in [-0.15, -0.1) is 0 Å². The summed E-state index contributed by atoms with van der Waals surface area (Å²) in [6.07, 6.45) is 3.03. The maximum Gasteiger partial charge on any atom is 0.276 e. The Morgan fingerprint density at radius 3 is 2.38 bits per heavy atom. The second kappa shape index (κ2) is 7.24. The summed E-state index contributed by atoms with van der Waals surface area (Å²) in [6, 6.07) is 15.8. The van der Waals surface area contributed by atoms with Crippen molar-refractivity contribution in [2.45, 2.75) is 17.7 Å². The molecule has 0 heterocycles. The van der Waals surface area contributed by atoms with E-state index in [-0.39, 0.29) is 4.90 Å². The fraction of sp³-hybridized carbons (Fsp3) is 0.133. The molecule has 0 unspecified atom stereocenters. The summed E-state index contributed by atoms with van der Waals surface area (Å²) in [4.78, 5) is 2.31. The summed E-state index contributed by atoms with van der Waals surface area (Å²) in [5.74, 6) is 0. The van der Waals surface area contributed by atoms with Crippen LogP contribution in [0.1, 0.15) is 12.0 Å². The van der Waals surface area contributed by atoms with Gasteiger partial charge in [0.15, 0.2) is 0 Å². The van der Waals surface area contributed by atoms with Crippen molar-refractivity contribution < 1.29 is 8.42 Å². The Balaban J connectivity index is 1.87. The molecule has 0 saturated heterocycles. The summed E-state index contributed by atoms with van der Waals surface area (Å²) in [5.41, 5.74) is 1.18. The summed E-state index contributed by atoms with van der Waals surface area (Å²) in [5, 5.41) is 4.25. The molecule has 4 nitrogen and oxygen atoms in total. The summed E-state index contributed by atoms with van der Waals surface area (Å²) in [7, 11) is -3.63. The van der Waals surface area contributed by atoms with Crippen LogP contribution in [0.25, 0.3) is 0 Å². The third kappa shape index (κ3) is 4.88. The molecule has 0 aliphatic carbocycles. The van der Waals surface area contributed by atoms with Crippen molar-refractivity contribution in [3.63, 3.8) is 0 Å². The molecule has 0 saturated carbocycles. The lowest BCUT2D eigenvalue weighted by Crippen LogP contribution is -2.18. The highest BCUT2D eigenvalue weighted by atomic mass is 35.5. The van der Waals surface area contributed by atoms with Gasteiger partial charge in [0, 0.05) is 11.2 Å². The molecule has 0 spiro atoms. The minimum atomic E-state index is -3.63. The normalized spacial score (nSPS) is 11.7. The number of nitrogens with one attached hydrogen (secondary N) is 1. The van der Waals surface area contributed by atoms with Crippen LogP contribution in [-0.2, 0) is 16.4 Å². The third-order valence-electron chi connectivity index (χ3n) is 2.79. The summed E-state index contributed by atoms with van der Waals surface area (Å²) < 4.78 is 23.8. The highest BCUT2D eigenvalue weighted by Crippen LogP contribution is 2.13. The van der Waals surface area contributed by atoms with E-state index in [1.807, 2.05) is 30.3 Å². The molecule has 0 fully saturated rings. The highest BCUT2D eigenvalue weighted by molar-refractivity contribution is 7.89. The van der Waals surface area contributed by atoms with E-state index in [0.29, 0.717) is 11.4 Å². The van der Waals surface area contributed by atoms with Crippen molar-refractivity contribution in [1.82, 2.24) is 4.83 Å². The Morgan fingerprint density at radius 1 is 1.05 bits per heavy atom. The maximum absolute atomic E-state index is 11.9. The second-order valence-corrected chi connectivity index (χ2v) is 6.48. The number of sulfonamides is 1. The van der Waals surface area contributed by atoms with Gasteiger partial charge in [-0.1, -0.05) is 41.9 Å². The van der Waals surface area contributed by atoms with Crippen LogP contribution in [0.2, 0.25) is 5.02 Å². The van der Waals surface area contributed by atoms with Crippen LogP contribution >= 0.6 is 11.6 Å². The minimum Gasteiger partial charge on any atom is -0.200 e. The van der Waals surface area contributed by atoms with Gasteiger partial charge in [0.2, 0.25) is 0 Å². The van der Waals surface area contributed by atoms with Gasteiger partial charge in [-0.25, -0.2) is 4.83 Å². The SMILES string of the molecule is O=S(=O)(NN=CCCc1ccccc1)c1ccc(Cl)cc1. The lowest BCUT2D eigenvalue weighted by Gasteiger charge is -2.03. The van der Waals surface area contributed by atoms with Crippen LogP contribution in [0.15, 0.2) is 64.6 Å². The fourth-order valence-corrected chi connectivity index (χ4v) is 2.65. The monoisotopic (exact) mass is 322 g/mol. The number of nitrogens with zero attached hydrogens (tertiary/aromatic N) is 1. The van der Waals surface area contributed by atoms with Crippen molar-refractivity contribution in [3.05, 3.63) is 65.2 Å². The predicted octanol–water partition coefficient (Wildman–Crippen LogP) is 3.24. The zero-order valence-corrected chi connectivity index (χ0v) is 12.8. The van der Waals surface area contributed by atoms with Crippen molar-refractivity contribution in [3.8, 4) is 0 Å². The molecule has 0 atom stereocenters. The zero-order chi connectivity index (χ0) is 15.1. The Kier molecular flexibility index (Phi) is 5.36. The molecular formula is C15H15ClN2O2S. The maximum atomic E-state index is 11.9. The minimum absolute atomic E-state index is 0.132. The van der Waals surface area contributed by atoms with E-state index in [0.717, 1.165) is 6.42 Å². The van der Waals surface area contributed by atoms with E-state index in [9.17, 15) is 8.42 Å². The molecule has 0 radical (unpaired) electrons. The number of aryl methyl sites for hydroxylation is 1. The molecule has 6 heteroatoms. The highest BCUT2D eigenvalue weighted by Gasteiger charge is 2.11. The molecule has 0 aliphatic heterocycles. The zero-order valence-electron chi connectivity index (χ0n) is 11.2. The van der Waals surface area contributed by atoms with E-state index in [1.165, 1.54) is 29.8 Å². The number of benzene rings is 2. The Morgan fingerprint density at radius 2 is 1.71 bits per heavy atom. The molecule has 0 amide bonds. The molecule has 0 aliphatic rings. The number of hydrogen-bond donors (Lipinski definition) is 1. The van der Waals surface area contributed by atoms with Gasteiger partial charge < -0.3 is 0 Å². The van der Waals surface area contributed by atoms with E-state index in [1.54, 1.807) is 6.21 Å². The molecule has 2 rings (SSSR count).